The van der Waals surface area contributed by atoms with E-state index in [1.54, 1.807) is 26.8 Å². The minimum absolute atomic E-state index is 0.0530. The number of fused-ring (bicyclic) bond motifs is 1. The van der Waals surface area contributed by atoms with Crippen molar-refractivity contribution in [3.05, 3.63) is 90.7 Å². The molecule has 0 bridgehead atoms. The van der Waals surface area contributed by atoms with Gasteiger partial charge in [0, 0.05) is 34.4 Å². The molecule has 1 atom stereocenters. The van der Waals surface area contributed by atoms with Gasteiger partial charge in [-0.1, -0.05) is 15.9 Å². The predicted octanol–water partition coefficient (Wildman–Crippen LogP) is 3.55. The Hall–Kier alpha value is -4.40. The SMILES string of the molecule is CNC(=O)c1ccc(-n2c(-n3nc(C)cc3C)nc3c(c2=O)C[C@@H](C)N(C(=O)c2ccc(Br)c(C(F)(F)F)c2)C3)nn1. The molecule has 5 rings (SSSR count). The number of rotatable bonds is 4. The van der Waals surface area contributed by atoms with E-state index in [1.807, 2.05) is 0 Å². The lowest BCUT2D eigenvalue weighted by Gasteiger charge is -2.34. The highest BCUT2D eigenvalue weighted by Gasteiger charge is 2.36. The Morgan fingerprint density at radius 3 is 2.43 bits per heavy atom. The van der Waals surface area contributed by atoms with E-state index < -0.39 is 35.2 Å². The number of nitrogens with one attached hydrogen (secondary N) is 1. The standard InChI is InChI=1S/C27H24BrF3N8O3/c1-13-9-15(3)39(36-13)26-33-21-12-37(24(41)16-5-6-19(28)18(11-16)27(29,30)31)14(2)10-17(21)25(42)38(26)22-8-7-20(34-35-22)23(40)32-4/h5-9,11,14H,10,12H2,1-4H3,(H,32,40)/t14-/m1/s1. The van der Waals surface area contributed by atoms with Crippen LogP contribution in [0.5, 0.6) is 0 Å². The monoisotopic (exact) mass is 644 g/mol. The number of halogens is 4. The summed E-state index contributed by atoms with van der Waals surface area (Å²) in [5.74, 6) is -0.890. The van der Waals surface area contributed by atoms with Crippen molar-refractivity contribution in [1.82, 2.24) is 39.7 Å². The third kappa shape index (κ3) is 5.19. The number of amides is 2. The van der Waals surface area contributed by atoms with Crippen molar-refractivity contribution < 1.29 is 22.8 Å². The van der Waals surface area contributed by atoms with Crippen molar-refractivity contribution in [1.29, 1.82) is 0 Å². The number of aromatic nitrogens is 6. The molecule has 4 aromatic rings. The lowest BCUT2D eigenvalue weighted by molar-refractivity contribution is -0.138. The smallest absolute Gasteiger partial charge is 0.354 e. The van der Waals surface area contributed by atoms with Crippen LogP contribution in [0, 0.1) is 13.8 Å². The van der Waals surface area contributed by atoms with Crippen molar-refractivity contribution in [3.63, 3.8) is 0 Å². The van der Waals surface area contributed by atoms with E-state index in [2.05, 4.69) is 36.5 Å². The third-order valence-electron chi connectivity index (χ3n) is 6.91. The summed E-state index contributed by atoms with van der Waals surface area (Å²) in [5, 5.41) is 15.0. The van der Waals surface area contributed by atoms with Crippen molar-refractivity contribution in [2.24, 2.45) is 0 Å². The topological polar surface area (TPSA) is 128 Å². The summed E-state index contributed by atoms with van der Waals surface area (Å²) in [6.45, 7) is 5.15. The first-order valence-corrected chi connectivity index (χ1v) is 13.5. The van der Waals surface area contributed by atoms with Gasteiger partial charge in [0.1, 0.15) is 0 Å². The zero-order chi connectivity index (χ0) is 30.5. The molecule has 11 nitrogen and oxygen atoms in total. The van der Waals surface area contributed by atoms with Crippen molar-refractivity contribution in [2.75, 3.05) is 7.05 Å². The van der Waals surface area contributed by atoms with Gasteiger partial charge in [0.05, 0.1) is 23.5 Å². The van der Waals surface area contributed by atoms with Gasteiger partial charge in [-0.05, 0) is 63.6 Å². The van der Waals surface area contributed by atoms with Gasteiger partial charge in [-0.15, -0.1) is 10.2 Å². The number of carbonyl (C=O) groups is 2. The first-order chi connectivity index (χ1) is 19.8. The summed E-state index contributed by atoms with van der Waals surface area (Å²) >= 11 is 2.90. The van der Waals surface area contributed by atoms with Crippen LogP contribution in [0.2, 0.25) is 0 Å². The maximum Gasteiger partial charge on any atom is 0.417 e. The van der Waals surface area contributed by atoms with Crippen LogP contribution in [0.3, 0.4) is 0 Å². The molecule has 15 heteroatoms. The Labute approximate surface area is 245 Å². The summed E-state index contributed by atoms with van der Waals surface area (Å²) in [5.41, 5.74) is 0.412. The van der Waals surface area contributed by atoms with Crippen LogP contribution in [0.15, 0.2) is 45.7 Å². The van der Waals surface area contributed by atoms with Crippen LogP contribution in [0.1, 0.15) is 56.0 Å². The van der Waals surface area contributed by atoms with Gasteiger partial charge in [-0.3, -0.25) is 14.4 Å². The second kappa shape index (κ2) is 10.8. The Kier molecular flexibility index (Phi) is 7.47. The van der Waals surface area contributed by atoms with Crippen LogP contribution in [-0.2, 0) is 19.1 Å². The molecule has 0 aliphatic carbocycles. The molecule has 0 radical (unpaired) electrons. The molecule has 1 aromatic carbocycles. The van der Waals surface area contributed by atoms with E-state index in [4.69, 9.17) is 4.98 Å². The number of carbonyl (C=O) groups excluding carboxylic acids is 2. The fourth-order valence-electron chi connectivity index (χ4n) is 4.83. The fraction of sp³-hybridized carbons (Fsp3) is 0.296. The van der Waals surface area contributed by atoms with Crippen LogP contribution in [-0.4, -0.2) is 59.3 Å². The number of hydrogen-bond acceptors (Lipinski definition) is 7. The quantitative estimate of drug-likeness (QED) is 0.360. The summed E-state index contributed by atoms with van der Waals surface area (Å²) in [7, 11) is 1.46. The minimum atomic E-state index is -4.65. The molecule has 4 heterocycles. The summed E-state index contributed by atoms with van der Waals surface area (Å²) in [6, 6.07) is 7.46. The van der Waals surface area contributed by atoms with Gasteiger partial charge in [0.2, 0.25) is 5.95 Å². The van der Waals surface area contributed by atoms with Crippen LogP contribution < -0.4 is 10.9 Å². The van der Waals surface area contributed by atoms with E-state index in [0.717, 1.165) is 6.07 Å². The summed E-state index contributed by atoms with van der Waals surface area (Å²) in [6.07, 6.45) is -4.56. The molecule has 0 saturated heterocycles. The molecule has 0 saturated carbocycles. The highest BCUT2D eigenvalue weighted by atomic mass is 79.9. The minimum Gasteiger partial charge on any atom is -0.354 e. The van der Waals surface area contributed by atoms with Crippen molar-refractivity contribution in [2.45, 2.75) is 46.0 Å². The largest absolute Gasteiger partial charge is 0.417 e. The molecule has 3 aromatic heterocycles. The summed E-state index contributed by atoms with van der Waals surface area (Å²) < 4.78 is 43.1. The molecule has 42 heavy (non-hydrogen) atoms. The zero-order valence-electron chi connectivity index (χ0n) is 22.8. The predicted molar refractivity (Wildman–Crippen MR) is 148 cm³/mol. The number of nitrogens with zero attached hydrogens (tertiary/aromatic N) is 7. The Bertz CT molecular complexity index is 1780. The maximum atomic E-state index is 14.0. The number of hydrogen-bond donors (Lipinski definition) is 1. The van der Waals surface area contributed by atoms with E-state index in [-0.39, 0.29) is 46.2 Å². The molecular weight excluding hydrogens is 621 g/mol. The van der Waals surface area contributed by atoms with Crippen molar-refractivity contribution >= 4 is 27.7 Å². The molecule has 1 aliphatic rings. The number of aryl methyl sites for hydroxylation is 2. The number of benzene rings is 1. The van der Waals surface area contributed by atoms with E-state index in [9.17, 15) is 27.6 Å². The van der Waals surface area contributed by atoms with Gasteiger partial charge in [-0.2, -0.15) is 18.3 Å². The Morgan fingerprint density at radius 1 is 1.10 bits per heavy atom. The molecular formula is C27H24BrF3N8O3. The van der Waals surface area contributed by atoms with Crippen molar-refractivity contribution in [3.8, 4) is 11.8 Å². The van der Waals surface area contributed by atoms with Crippen LogP contribution >= 0.6 is 15.9 Å². The lowest BCUT2D eigenvalue weighted by atomic mass is 9.98. The Morgan fingerprint density at radius 2 is 1.83 bits per heavy atom. The fourth-order valence-corrected chi connectivity index (χ4v) is 5.30. The van der Waals surface area contributed by atoms with Gasteiger partial charge in [0.15, 0.2) is 11.5 Å². The number of alkyl halides is 3. The average molecular weight is 645 g/mol. The van der Waals surface area contributed by atoms with Gasteiger partial charge in [-0.25, -0.2) is 14.2 Å². The third-order valence-corrected chi connectivity index (χ3v) is 7.61. The van der Waals surface area contributed by atoms with Crippen LogP contribution in [0.25, 0.3) is 11.8 Å². The van der Waals surface area contributed by atoms with Crippen LogP contribution in [0.4, 0.5) is 13.2 Å². The molecule has 2 amide bonds. The first-order valence-electron chi connectivity index (χ1n) is 12.7. The average Bonchev–Trinajstić information content (AvgIpc) is 3.29. The van der Waals surface area contributed by atoms with E-state index >= 15 is 0 Å². The normalized spacial score (nSPS) is 15.0. The second-order valence-corrected chi connectivity index (χ2v) is 10.7. The molecule has 1 aliphatic heterocycles. The Balaban J connectivity index is 1.62. The van der Waals surface area contributed by atoms with E-state index in [0.29, 0.717) is 17.0 Å². The maximum absolute atomic E-state index is 14.0. The molecule has 0 spiro atoms. The molecule has 0 fully saturated rings. The second-order valence-electron chi connectivity index (χ2n) is 9.85. The van der Waals surface area contributed by atoms with Gasteiger partial charge in [0.25, 0.3) is 17.4 Å². The highest BCUT2D eigenvalue weighted by molar-refractivity contribution is 9.10. The van der Waals surface area contributed by atoms with Gasteiger partial charge >= 0.3 is 6.18 Å². The lowest BCUT2D eigenvalue weighted by Crippen LogP contribution is -2.46. The zero-order valence-corrected chi connectivity index (χ0v) is 24.4. The van der Waals surface area contributed by atoms with E-state index in [1.165, 1.54) is 45.5 Å². The molecule has 1 N–H and O–H groups in total. The summed E-state index contributed by atoms with van der Waals surface area (Å²) in [4.78, 5) is 45.6. The molecule has 218 valence electrons. The van der Waals surface area contributed by atoms with Gasteiger partial charge < -0.3 is 10.2 Å². The molecule has 0 unspecified atom stereocenters. The first kappa shape index (κ1) is 29.1. The highest BCUT2D eigenvalue weighted by Crippen LogP contribution is 2.36.